The molecule has 1 aromatic rings. The van der Waals surface area contributed by atoms with Gasteiger partial charge < -0.3 is 20.1 Å². The summed E-state index contributed by atoms with van der Waals surface area (Å²) >= 11 is 0. The Hall–Kier alpha value is -2.97. The smallest absolute Gasteiger partial charge is 0.419 e. The van der Waals surface area contributed by atoms with Gasteiger partial charge in [0.05, 0.1) is 17.9 Å². The number of guanidine groups is 1. The van der Waals surface area contributed by atoms with Crippen LogP contribution in [0.3, 0.4) is 0 Å². The summed E-state index contributed by atoms with van der Waals surface area (Å²) in [5.41, 5.74) is 5.59. The van der Waals surface area contributed by atoms with Crippen molar-refractivity contribution in [3.8, 4) is 5.75 Å². The number of rotatable bonds is 8. The van der Waals surface area contributed by atoms with Crippen LogP contribution in [0.5, 0.6) is 5.75 Å². The number of alkyl halides is 3. The van der Waals surface area contributed by atoms with Crippen LogP contribution in [-0.2, 0) is 10.9 Å². The Labute approximate surface area is 192 Å². The molecular weight excluding hydrogens is 433 g/mol. The minimum absolute atomic E-state index is 0.0665. The van der Waals surface area contributed by atoms with Gasteiger partial charge in [-0.05, 0) is 37.5 Å². The Bertz CT molecular complexity index is 925. The average Bonchev–Trinajstić information content (AvgIpc) is 3.14. The van der Waals surface area contributed by atoms with E-state index in [1.165, 1.54) is 6.07 Å². The van der Waals surface area contributed by atoms with Crippen molar-refractivity contribution in [1.82, 2.24) is 4.90 Å². The number of aliphatic imine (C=N–C) groups is 1. The third-order valence-electron chi connectivity index (χ3n) is 5.59. The second kappa shape index (κ2) is 11.2. The van der Waals surface area contributed by atoms with E-state index in [0.29, 0.717) is 36.7 Å². The van der Waals surface area contributed by atoms with Crippen LogP contribution in [-0.4, -0.2) is 42.6 Å². The minimum Gasteiger partial charge on any atom is -0.489 e. The van der Waals surface area contributed by atoms with E-state index in [2.05, 4.69) is 11.9 Å². The summed E-state index contributed by atoms with van der Waals surface area (Å²) in [5.74, 6) is 0.111. The third-order valence-corrected chi connectivity index (χ3v) is 5.59. The topological polar surface area (TPSA) is 83.9 Å². The monoisotopic (exact) mass is 464 g/mol. The van der Waals surface area contributed by atoms with Gasteiger partial charge >= 0.3 is 6.18 Å². The molecule has 0 radical (unpaired) electrons. The van der Waals surface area contributed by atoms with E-state index in [4.69, 9.17) is 20.6 Å². The fourth-order valence-electron chi connectivity index (χ4n) is 3.90. The molecule has 33 heavy (non-hydrogen) atoms. The zero-order valence-corrected chi connectivity index (χ0v) is 18.8. The molecule has 2 aliphatic heterocycles. The molecule has 0 unspecified atom stereocenters. The van der Waals surface area contributed by atoms with Crippen LogP contribution in [0, 0.1) is 5.41 Å². The summed E-state index contributed by atoms with van der Waals surface area (Å²) in [6.45, 7) is 3.14. The van der Waals surface area contributed by atoms with Crippen molar-refractivity contribution in [3.63, 3.8) is 0 Å². The quantitative estimate of drug-likeness (QED) is 0.235. The third kappa shape index (κ3) is 6.52. The van der Waals surface area contributed by atoms with Crippen LogP contribution >= 0.6 is 0 Å². The van der Waals surface area contributed by atoms with Gasteiger partial charge in [-0.15, -0.1) is 0 Å². The highest BCUT2D eigenvalue weighted by Gasteiger charge is 2.36. The number of unbranched alkanes of at least 4 members (excludes halogenated alkanes) is 2. The summed E-state index contributed by atoms with van der Waals surface area (Å²) in [6, 6.07) is 3.72. The Morgan fingerprint density at radius 3 is 2.91 bits per heavy atom. The summed E-state index contributed by atoms with van der Waals surface area (Å²) in [6.07, 6.45) is 5.91. The predicted octanol–water partition coefficient (Wildman–Crippen LogP) is 5.35. The number of halogens is 3. The molecular formula is C24H31F3N4O2. The summed E-state index contributed by atoms with van der Waals surface area (Å²) in [7, 11) is 0. The molecule has 0 bridgehead atoms. The normalized spacial score (nSPS) is 19.2. The molecule has 3 rings (SSSR count). The summed E-state index contributed by atoms with van der Waals surface area (Å²) in [5, 5.41) is 7.77. The van der Waals surface area contributed by atoms with Crippen LogP contribution in [0.25, 0.3) is 5.70 Å². The fraction of sp³-hybridized carbons (Fsp3) is 0.500. The Morgan fingerprint density at radius 1 is 1.36 bits per heavy atom. The predicted molar refractivity (Wildman–Crippen MR) is 123 cm³/mol. The second-order valence-electron chi connectivity index (χ2n) is 8.05. The van der Waals surface area contributed by atoms with E-state index in [1.807, 2.05) is 6.08 Å². The van der Waals surface area contributed by atoms with Gasteiger partial charge in [0.15, 0.2) is 5.96 Å². The van der Waals surface area contributed by atoms with Gasteiger partial charge in [-0.25, -0.2) is 4.99 Å². The maximum atomic E-state index is 13.8. The maximum Gasteiger partial charge on any atom is 0.419 e. The summed E-state index contributed by atoms with van der Waals surface area (Å²) in [4.78, 5) is 6.26. The largest absolute Gasteiger partial charge is 0.489 e. The first kappa shape index (κ1) is 24.7. The number of nitrogens with two attached hydrogens (primary N) is 1. The number of allylic oxidation sites excluding steroid dienone is 1. The molecule has 2 aliphatic rings. The number of benzene rings is 1. The Kier molecular flexibility index (Phi) is 8.41. The first-order valence-corrected chi connectivity index (χ1v) is 11.3. The first-order chi connectivity index (χ1) is 15.8. The van der Waals surface area contributed by atoms with E-state index in [9.17, 15) is 13.2 Å². The molecule has 2 heterocycles. The van der Waals surface area contributed by atoms with E-state index in [-0.39, 0.29) is 24.4 Å². The molecule has 1 fully saturated rings. The highest BCUT2D eigenvalue weighted by Crippen LogP contribution is 2.38. The van der Waals surface area contributed by atoms with Gasteiger partial charge in [0, 0.05) is 18.5 Å². The molecule has 180 valence electrons. The Balaban J connectivity index is 1.84. The highest BCUT2D eigenvalue weighted by molar-refractivity contribution is 5.92. The number of nitrogens with one attached hydrogen (secondary N) is 1. The van der Waals surface area contributed by atoms with Crippen molar-refractivity contribution < 1.29 is 22.6 Å². The number of likely N-dealkylation sites (tertiary alicyclic amines) is 1. The van der Waals surface area contributed by atoms with Crippen molar-refractivity contribution >= 4 is 17.6 Å². The lowest BCUT2D eigenvalue weighted by Gasteiger charge is -2.25. The molecule has 1 aromatic carbocycles. The second-order valence-corrected chi connectivity index (χ2v) is 8.05. The van der Waals surface area contributed by atoms with Crippen molar-refractivity contribution in [1.29, 1.82) is 5.41 Å². The van der Waals surface area contributed by atoms with Crippen molar-refractivity contribution in [2.45, 2.75) is 57.7 Å². The zero-order chi connectivity index (χ0) is 23.8. The van der Waals surface area contributed by atoms with Crippen molar-refractivity contribution in [3.05, 3.63) is 47.6 Å². The van der Waals surface area contributed by atoms with Crippen LogP contribution in [0.2, 0.25) is 0 Å². The number of hydrogen-bond donors (Lipinski definition) is 2. The van der Waals surface area contributed by atoms with Gasteiger partial charge in [-0.2, -0.15) is 13.2 Å². The highest BCUT2D eigenvalue weighted by atomic mass is 19.4. The van der Waals surface area contributed by atoms with Crippen LogP contribution in [0.1, 0.15) is 56.6 Å². The van der Waals surface area contributed by atoms with E-state index in [1.54, 1.807) is 23.1 Å². The van der Waals surface area contributed by atoms with Gasteiger partial charge in [-0.1, -0.05) is 38.0 Å². The lowest BCUT2D eigenvalue weighted by molar-refractivity contribution is -0.138. The molecule has 0 spiro atoms. The maximum absolute atomic E-state index is 13.8. The van der Waals surface area contributed by atoms with Gasteiger partial charge in [0.25, 0.3) is 0 Å². The molecule has 0 aliphatic carbocycles. The molecule has 9 heteroatoms. The molecule has 6 nitrogen and oxygen atoms in total. The molecule has 1 atom stereocenters. The van der Waals surface area contributed by atoms with Crippen LogP contribution in [0.4, 0.5) is 13.2 Å². The van der Waals surface area contributed by atoms with Crippen LogP contribution in [0.15, 0.2) is 41.4 Å². The fourth-order valence-corrected chi connectivity index (χ4v) is 3.90. The molecule has 3 N–H and O–H groups in total. The first-order valence-electron chi connectivity index (χ1n) is 11.3. The molecule has 0 saturated carbocycles. The molecule has 0 aromatic heterocycles. The van der Waals surface area contributed by atoms with E-state index >= 15 is 0 Å². The number of ether oxygens (including phenoxy) is 2. The number of nitrogens with zero attached hydrogens (tertiary/aromatic N) is 2. The molecule has 0 amide bonds. The van der Waals surface area contributed by atoms with Gasteiger partial charge in [0.1, 0.15) is 18.4 Å². The van der Waals surface area contributed by atoms with Gasteiger partial charge in [0.2, 0.25) is 5.90 Å². The lowest BCUT2D eigenvalue weighted by Crippen LogP contribution is -2.44. The van der Waals surface area contributed by atoms with Crippen molar-refractivity contribution in [2.24, 2.45) is 10.7 Å². The summed E-state index contributed by atoms with van der Waals surface area (Å²) < 4.78 is 52.6. The average molecular weight is 465 g/mol. The SMILES string of the molecule is CCCC/C=C/COc1ccc(C2=CCCOC([C@@H]3CCCN3C(=N)N)=N2)cc1C(F)(F)F. The minimum atomic E-state index is -4.57. The lowest BCUT2D eigenvalue weighted by atomic mass is 10.1. The molecule has 1 saturated heterocycles. The zero-order valence-electron chi connectivity index (χ0n) is 18.8. The van der Waals surface area contributed by atoms with Crippen molar-refractivity contribution in [2.75, 3.05) is 19.8 Å². The standard InChI is InChI=1S/C24H31F3N4O2/c1-2-3-4-5-6-14-32-21-12-11-17(16-18(21)24(25,26)27)19-9-8-15-33-22(30-19)20-10-7-13-31(20)23(28)29/h5-6,9,11-12,16,20H,2-4,7-8,10,13-15H2,1H3,(H3,28,29)/b6-5+/t20-/m0/s1. The van der Waals surface area contributed by atoms with Gasteiger partial charge in [-0.3, -0.25) is 5.41 Å². The number of hydrogen-bond acceptors (Lipinski definition) is 4. The van der Waals surface area contributed by atoms with E-state index < -0.39 is 11.7 Å². The van der Waals surface area contributed by atoms with Crippen LogP contribution < -0.4 is 10.5 Å². The van der Waals surface area contributed by atoms with E-state index in [0.717, 1.165) is 38.2 Å². The Morgan fingerprint density at radius 2 is 2.18 bits per heavy atom.